The maximum atomic E-state index is 6.36. The van der Waals surface area contributed by atoms with Crippen molar-refractivity contribution >= 4 is 11.6 Å². The Morgan fingerprint density at radius 2 is 1.64 bits per heavy atom. The van der Waals surface area contributed by atoms with Crippen molar-refractivity contribution in [3.05, 3.63) is 53.8 Å². The summed E-state index contributed by atoms with van der Waals surface area (Å²) < 4.78 is 10.8. The molecule has 112 valence electrons. The van der Waals surface area contributed by atoms with E-state index < -0.39 is 0 Å². The van der Waals surface area contributed by atoms with E-state index in [4.69, 9.17) is 21.1 Å². The van der Waals surface area contributed by atoms with Crippen LogP contribution in [0.4, 0.5) is 0 Å². The number of hydrogen-bond donors (Lipinski definition) is 1. The monoisotopic (exact) mass is 314 g/mol. The number of nitrogens with zero attached hydrogens (tertiary/aromatic N) is 1. The van der Waals surface area contributed by atoms with Crippen molar-refractivity contribution in [3.63, 3.8) is 0 Å². The highest BCUT2D eigenvalue weighted by molar-refractivity contribution is 6.33. The van der Waals surface area contributed by atoms with Gasteiger partial charge in [-0.15, -0.1) is 0 Å². The lowest BCUT2D eigenvalue weighted by Gasteiger charge is -2.15. The average Bonchev–Trinajstić information content (AvgIpc) is 3.08. The number of hydrogen-bond acceptors (Lipinski definition) is 3. The van der Waals surface area contributed by atoms with Crippen LogP contribution in [-0.2, 0) is 0 Å². The lowest BCUT2D eigenvalue weighted by Crippen LogP contribution is -1.95. The van der Waals surface area contributed by atoms with Crippen LogP contribution in [0.15, 0.2) is 48.8 Å². The molecule has 0 fully saturated rings. The van der Waals surface area contributed by atoms with Gasteiger partial charge in [-0.1, -0.05) is 29.8 Å². The van der Waals surface area contributed by atoms with Crippen LogP contribution in [0.5, 0.6) is 11.5 Å². The topological polar surface area (TPSA) is 47.1 Å². The third kappa shape index (κ3) is 2.53. The number of aromatic nitrogens is 2. The van der Waals surface area contributed by atoms with E-state index in [1.807, 2.05) is 36.4 Å². The number of imidazole rings is 1. The minimum atomic E-state index is 0.643. The Morgan fingerprint density at radius 3 is 2.23 bits per heavy atom. The number of H-pyrrole nitrogens is 1. The van der Waals surface area contributed by atoms with Crippen LogP contribution < -0.4 is 9.47 Å². The molecular formula is C17H15ClN2O2. The Labute approximate surface area is 133 Å². The second-order valence-corrected chi connectivity index (χ2v) is 5.08. The smallest absolute Gasteiger partial charge is 0.161 e. The molecule has 0 unspecified atom stereocenters. The third-order valence-electron chi connectivity index (χ3n) is 3.44. The molecule has 5 heteroatoms. The van der Waals surface area contributed by atoms with E-state index >= 15 is 0 Å². The molecule has 0 atom stereocenters. The van der Waals surface area contributed by atoms with Crippen molar-refractivity contribution in [1.29, 1.82) is 0 Å². The fraction of sp³-hybridized carbons (Fsp3) is 0.118. The van der Waals surface area contributed by atoms with E-state index in [1.165, 1.54) is 0 Å². The third-order valence-corrected chi connectivity index (χ3v) is 3.77. The van der Waals surface area contributed by atoms with Gasteiger partial charge in [0.1, 0.15) is 5.82 Å². The Bertz CT molecular complexity index is 785. The minimum Gasteiger partial charge on any atom is -0.493 e. The van der Waals surface area contributed by atoms with E-state index in [0.717, 1.165) is 22.5 Å². The van der Waals surface area contributed by atoms with E-state index in [0.29, 0.717) is 16.5 Å². The van der Waals surface area contributed by atoms with Gasteiger partial charge in [0.05, 0.1) is 14.2 Å². The van der Waals surface area contributed by atoms with Crippen LogP contribution in [0.2, 0.25) is 5.02 Å². The van der Waals surface area contributed by atoms with E-state index in [-0.39, 0.29) is 0 Å². The van der Waals surface area contributed by atoms with E-state index in [1.54, 1.807) is 26.6 Å². The predicted molar refractivity (Wildman–Crippen MR) is 87.6 cm³/mol. The van der Waals surface area contributed by atoms with Gasteiger partial charge in [-0.05, 0) is 23.8 Å². The summed E-state index contributed by atoms with van der Waals surface area (Å²) >= 11 is 6.36. The van der Waals surface area contributed by atoms with Gasteiger partial charge in [-0.2, -0.15) is 0 Å². The second kappa shape index (κ2) is 6.12. The lowest BCUT2D eigenvalue weighted by atomic mass is 9.98. The van der Waals surface area contributed by atoms with E-state index in [2.05, 4.69) is 9.97 Å². The number of aromatic amines is 1. The highest BCUT2D eigenvalue weighted by Crippen LogP contribution is 2.41. The van der Waals surface area contributed by atoms with Crippen LogP contribution in [0.25, 0.3) is 22.5 Å². The molecule has 0 aliphatic heterocycles. The molecule has 3 aromatic rings. The van der Waals surface area contributed by atoms with Gasteiger partial charge in [0, 0.05) is 28.5 Å². The normalized spacial score (nSPS) is 10.5. The SMILES string of the molecule is COc1cc(-c2ncc[nH]2)c(-c2ccccc2Cl)cc1OC. The molecule has 0 aliphatic rings. The standard InChI is InChI=1S/C17H15ClN2O2/c1-21-15-9-12(11-5-3-4-6-14(11)18)13(10-16(15)22-2)17-19-7-8-20-17/h3-10H,1-2H3,(H,19,20). The van der Waals surface area contributed by atoms with Crippen LogP contribution in [0.1, 0.15) is 0 Å². The Morgan fingerprint density at radius 1 is 0.955 bits per heavy atom. The molecular weight excluding hydrogens is 300 g/mol. The van der Waals surface area contributed by atoms with E-state index in [9.17, 15) is 0 Å². The maximum absolute atomic E-state index is 6.36. The van der Waals surface area contributed by atoms with Gasteiger partial charge >= 0.3 is 0 Å². The van der Waals surface area contributed by atoms with Gasteiger partial charge in [0.25, 0.3) is 0 Å². The summed E-state index contributed by atoms with van der Waals surface area (Å²) in [6.07, 6.45) is 3.49. The predicted octanol–water partition coefficient (Wildman–Crippen LogP) is 4.41. The summed E-state index contributed by atoms with van der Waals surface area (Å²) in [5.74, 6) is 2.04. The summed E-state index contributed by atoms with van der Waals surface area (Å²) in [6.45, 7) is 0. The zero-order valence-corrected chi connectivity index (χ0v) is 13.0. The molecule has 0 aliphatic carbocycles. The van der Waals surface area contributed by atoms with Gasteiger partial charge in [0.2, 0.25) is 0 Å². The van der Waals surface area contributed by atoms with Crippen molar-refractivity contribution in [2.45, 2.75) is 0 Å². The Balaban J connectivity index is 2.29. The number of ether oxygens (including phenoxy) is 2. The summed E-state index contributed by atoms with van der Waals surface area (Å²) in [5.41, 5.74) is 2.74. The fourth-order valence-corrected chi connectivity index (χ4v) is 2.63. The summed E-state index contributed by atoms with van der Waals surface area (Å²) in [5, 5.41) is 0.669. The average molecular weight is 315 g/mol. The fourth-order valence-electron chi connectivity index (χ4n) is 2.39. The molecule has 3 rings (SSSR count). The summed E-state index contributed by atoms with van der Waals surface area (Å²) in [6, 6.07) is 11.5. The van der Waals surface area contributed by atoms with Crippen molar-refractivity contribution in [2.75, 3.05) is 14.2 Å². The molecule has 0 spiro atoms. The van der Waals surface area contributed by atoms with Gasteiger partial charge in [-0.3, -0.25) is 0 Å². The van der Waals surface area contributed by atoms with Crippen LogP contribution in [0, 0.1) is 0 Å². The van der Waals surface area contributed by atoms with Crippen molar-refractivity contribution < 1.29 is 9.47 Å². The minimum absolute atomic E-state index is 0.643. The molecule has 4 nitrogen and oxygen atoms in total. The molecule has 1 aromatic heterocycles. The number of nitrogens with one attached hydrogen (secondary N) is 1. The Hall–Kier alpha value is -2.46. The number of methoxy groups -OCH3 is 2. The molecule has 0 saturated heterocycles. The van der Waals surface area contributed by atoms with Gasteiger partial charge < -0.3 is 14.5 Å². The molecule has 22 heavy (non-hydrogen) atoms. The van der Waals surface area contributed by atoms with Crippen molar-refractivity contribution in [3.8, 4) is 34.0 Å². The highest BCUT2D eigenvalue weighted by Gasteiger charge is 2.17. The lowest BCUT2D eigenvalue weighted by molar-refractivity contribution is 0.355. The first kappa shape index (κ1) is 14.5. The number of benzene rings is 2. The molecule has 0 radical (unpaired) electrons. The molecule has 2 aromatic carbocycles. The molecule has 1 N–H and O–H groups in total. The Kier molecular flexibility index (Phi) is 4.02. The summed E-state index contributed by atoms with van der Waals surface area (Å²) in [4.78, 5) is 7.46. The largest absolute Gasteiger partial charge is 0.493 e. The van der Waals surface area contributed by atoms with Crippen molar-refractivity contribution in [1.82, 2.24) is 9.97 Å². The first-order chi connectivity index (χ1) is 10.7. The molecule has 0 saturated carbocycles. The molecule has 1 heterocycles. The van der Waals surface area contributed by atoms with Gasteiger partial charge in [0.15, 0.2) is 11.5 Å². The highest BCUT2D eigenvalue weighted by atomic mass is 35.5. The van der Waals surface area contributed by atoms with Crippen LogP contribution in [-0.4, -0.2) is 24.2 Å². The summed E-state index contributed by atoms with van der Waals surface area (Å²) in [7, 11) is 3.22. The van der Waals surface area contributed by atoms with Crippen molar-refractivity contribution in [2.24, 2.45) is 0 Å². The molecule has 0 amide bonds. The second-order valence-electron chi connectivity index (χ2n) is 4.67. The van der Waals surface area contributed by atoms with Crippen LogP contribution >= 0.6 is 11.6 Å². The zero-order valence-electron chi connectivity index (χ0n) is 12.3. The molecule has 0 bridgehead atoms. The van der Waals surface area contributed by atoms with Gasteiger partial charge in [-0.25, -0.2) is 4.98 Å². The number of halogens is 1. The maximum Gasteiger partial charge on any atom is 0.161 e. The van der Waals surface area contributed by atoms with Crippen LogP contribution in [0.3, 0.4) is 0 Å². The first-order valence-electron chi connectivity index (χ1n) is 6.75. The zero-order chi connectivity index (χ0) is 15.5. The number of rotatable bonds is 4. The first-order valence-corrected chi connectivity index (χ1v) is 7.13. The quantitative estimate of drug-likeness (QED) is 0.775.